The average Bonchev–Trinajstić information content (AvgIpc) is 3.54. The van der Waals surface area contributed by atoms with Crippen LogP contribution in [0.2, 0.25) is 19.6 Å². The van der Waals surface area contributed by atoms with Crippen LogP contribution >= 0.6 is 31.9 Å². The van der Waals surface area contributed by atoms with E-state index in [-0.39, 0.29) is 70.7 Å². The van der Waals surface area contributed by atoms with Crippen molar-refractivity contribution in [3.8, 4) is 11.6 Å². The van der Waals surface area contributed by atoms with E-state index in [2.05, 4.69) is 62.5 Å². The Kier molecular flexibility index (Phi) is 18.8. The minimum absolute atomic E-state index is 0. The second kappa shape index (κ2) is 18.5. The third-order valence-corrected chi connectivity index (χ3v) is 7.12. The van der Waals surface area contributed by atoms with E-state index < -0.39 is 31.8 Å². The van der Waals surface area contributed by atoms with Gasteiger partial charge < -0.3 is 11.3 Å². The number of aliphatic hydroxyl groups excluding tert-OH is 1. The molecule has 4 heterocycles. The van der Waals surface area contributed by atoms with Crippen molar-refractivity contribution in [2.24, 2.45) is 0 Å². The van der Waals surface area contributed by atoms with E-state index in [0.29, 0.717) is 17.9 Å². The summed E-state index contributed by atoms with van der Waals surface area (Å²) in [6.07, 6.45) is -1.16. The Labute approximate surface area is 303 Å². The number of carbonyl (C=O) groups excluding carboxylic acids is 1. The fourth-order valence-corrected chi connectivity index (χ4v) is 2.60. The normalized spacial score (nSPS) is 11.6. The summed E-state index contributed by atoms with van der Waals surface area (Å²) in [6, 6.07) is 6.81. The van der Waals surface area contributed by atoms with Gasteiger partial charge in [-0.3, -0.25) is 4.79 Å². The van der Waals surface area contributed by atoms with Gasteiger partial charge in [-0.25, -0.2) is 19.3 Å². The number of halogens is 8. The standard InChI is InChI=1S/C9H6BrF3N4O.C8H5BrN4O.C4H9F3Si.CH4.K.H2N/c10-5-1-2-7(14-3-5)17-4-6(15-16-17)8(18)9(11,12)13;9-6-1-2-8(10-3-6)13-4-7(5-14)11-12-13;1-8(2,3)4(5,6)7;;;/h1-4,8,18H;1-5H;1-3H3;1H4;;1H2/q;;;;+1;-1. The van der Waals surface area contributed by atoms with Gasteiger partial charge in [-0.1, -0.05) is 37.5 Å². The summed E-state index contributed by atoms with van der Waals surface area (Å²) in [7, 11) is -2.86. The minimum atomic E-state index is -4.77. The zero-order chi connectivity index (χ0) is 30.3. The molecule has 1 atom stereocenters. The number of alkyl halides is 6. The molecule has 0 aromatic carbocycles. The third kappa shape index (κ3) is 14.0. The maximum Gasteiger partial charge on any atom is 1.00 e. The summed E-state index contributed by atoms with van der Waals surface area (Å²) in [6.45, 7) is 3.85. The molecule has 11 nitrogen and oxygen atoms in total. The van der Waals surface area contributed by atoms with Gasteiger partial charge in [0.15, 0.2) is 32.1 Å². The molecule has 3 N–H and O–H groups in total. The largest absolute Gasteiger partial charge is 1.00 e. The van der Waals surface area contributed by atoms with Crippen molar-refractivity contribution in [2.75, 3.05) is 0 Å². The Morgan fingerprint density at radius 1 is 0.860 bits per heavy atom. The molecule has 0 spiro atoms. The summed E-state index contributed by atoms with van der Waals surface area (Å²) in [5, 5.41) is 23.1. The van der Waals surface area contributed by atoms with Gasteiger partial charge >= 0.3 is 63.4 Å². The van der Waals surface area contributed by atoms with E-state index in [1.807, 2.05) is 6.07 Å². The first-order valence-electron chi connectivity index (χ1n) is 10.8. The molecule has 43 heavy (non-hydrogen) atoms. The molecule has 0 aliphatic heterocycles. The first-order valence-corrected chi connectivity index (χ1v) is 15.9. The van der Waals surface area contributed by atoms with Gasteiger partial charge in [0, 0.05) is 21.3 Å². The van der Waals surface area contributed by atoms with Crippen LogP contribution in [0.3, 0.4) is 0 Å². The van der Waals surface area contributed by atoms with Gasteiger partial charge in [-0.15, -0.1) is 10.2 Å². The van der Waals surface area contributed by atoms with Gasteiger partial charge in [0.05, 0.1) is 12.4 Å². The molecular formula is C22H26Br2F6KN9O2Si. The summed E-state index contributed by atoms with van der Waals surface area (Å²) in [5.74, 6) is -3.01. The fourth-order valence-electron chi connectivity index (χ4n) is 2.13. The predicted octanol–water partition coefficient (Wildman–Crippen LogP) is 4.04. The molecule has 1 unspecified atom stereocenters. The van der Waals surface area contributed by atoms with Crippen LogP contribution in [-0.4, -0.2) is 71.4 Å². The van der Waals surface area contributed by atoms with Crippen LogP contribution in [0.4, 0.5) is 26.3 Å². The molecule has 0 amide bonds. The quantitative estimate of drug-likeness (QED) is 0.185. The van der Waals surface area contributed by atoms with Gasteiger partial charge in [0.25, 0.3) is 0 Å². The van der Waals surface area contributed by atoms with Gasteiger partial charge in [0.2, 0.25) is 0 Å². The smallest absolute Gasteiger partial charge is 0.693 e. The number of pyridine rings is 2. The topological polar surface area (TPSA) is 158 Å². The molecule has 0 saturated carbocycles. The molecule has 0 aliphatic rings. The molecule has 0 aliphatic carbocycles. The molecule has 4 aromatic rings. The third-order valence-electron chi connectivity index (χ3n) is 4.48. The number of aldehydes is 1. The monoisotopic (exact) mass is 787 g/mol. The van der Waals surface area contributed by atoms with Crippen LogP contribution in [0.1, 0.15) is 29.7 Å². The number of rotatable bonds is 4. The Balaban J connectivity index is 0. The summed E-state index contributed by atoms with van der Waals surface area (Å²) in [5.41, 5.74) is -0.290. The maximum atomic E-state index is 12.3. The number of nitrogens with two attached hydrogens (primary N) is 1. The van der Waals surface area contributed by atoms with Crippen LogP contribution in [-0.2, 0) is 0 Å². The van der Waals surface area contributed by atoms with Crippen LogP contribution in [0, 0.1) is 0 Å². The van der Waals surface area contributed by atoms with Crippen molar-refractivity contribution in [2.45, 2.75) is 45.1 Å². The average molecular weight is 789 g/mol. The molecule has 232 valence electrons. The van der Waals surface area contributed by atoms with Crippen LogP contribution in [0.25, 0.3) is 17.8 Å². The zero-order valence-electron chi connectivity index (χ0n) is 22.3. The summed E-state index contributed by atoms with van der Waals surface area (Å²) < 4.78 is 75.7. The molecule has 4 rings (SSSR count). The van der Waals surface area contributed by atoms with E-state index >= 15 is 0 Å². The van der Waals surface area contributed by atoms with Crippen molar-refractivity contribution >= 4 is 46.2 Å². The minimum Gasteiger partial charge on any atom is -0.693 e. The van der Waals surface area contributed by atoms with Crippen molar-refractivity contribution in [1.29, 1.82) is 0 Å². The summed E-state index contributed by atoms with van der Waals surface area (Å²) >= 11 is 6.45. The Morgan fingerprint density at radius 2 is 1.28 bits per heavy atom. The SMILES string of the molecule is C.C[Si](C)(C)C(F)(F)F.O=Cc1cn(-c2ccc(Br)cn2)nn1.OC(c1cn(-c2ccc(Br)cn2)nn1)C(F)(F)F.[K+].[NH2-]. The van der Waals surface area contributed by atoms with Crippen molar-refractivity contribution in [1.82, 2.24) is 40.0 Å². The number of carbonyl (C=O) groups is 1. The number of aromatic nitrogens is 8. The maximum absolute atomic E-state index is 12.3. The second-order valence-electron chi connectivity index (χ2n) is 8.65. The first-order chi connectivity index (χ1) is 18.4. The fraction of sp³-hybridized carbons (Fsp3) is 0.318. The number of hydrogen-bond donors (Lipinski definition) is 1. The second-order valence-corrected chi connectivity index (χ2v) is 15.6. The van der Waals surface area contributed by atoms with Crippen LogP contribution in [0.15, 0.2) is 58.0 Å². The number of aliphatic hydroxyl groups is 1. The van der Waals surface area contributed by atoms with Crippen molar-refractivity contribution in [3.05, 3.63) is 75.5 Å². The van der Waals surface area contributed by atoms with E-state index in [0.717, 1.165) is 19.8 Å². The molecule has 21 heteroatoms. The Bertz CT molecular complexity index is 1370. The molecule has 0 radical (unpaired) electrons. The van der Waals surface area contributed by atoms with Gasteiger partial charge in [-0.2, -0.15) is 26.3 Å². The van der Waals surface area contributed by atoms with E-state index in [9.17, 15) is 31.1 Å². The molecular weight excluding hydrogens is 763 g/mol. The molecule has 0 fully saturated rings. The summed E-state index contributed by atoms with van der Waals surface area (Å²) in [4.78, 5) is 18.4. The molecule has 0 saturated heterocycles. The molecule has 0 bridgehead atoms. The van der Waals surface area contributed by atoms with Crippen LogP contribution in [0.5, 0.6) is 0 Å². The van der Waals surface area contributed by atoms with Gasteiger partial charge in [0.1, 0.15) is 11.4 Å². The Hall–Kier alpha value is -1.44. The first kappa shape index (κ1) is 43.7. The van der Waals surface area contributed by atoms with Gasteiger partial charge in [-0.05, 0) is 56.1 Å². The zero-order valence-corrected chi connectivity index (χ0v) is 29.6. The van der Waals surface area contributed by atoms with Crippen molar-refractivity contribution in [3.63, 3.8) is 0 Å². The number of nitrogens with zero attached hydrogens (tertiary/aromatic N) is 8. The number of hydrogen-bond acceptors (Lipinski definition) is 8. The predicted molar refractivity (Wildman–Crippen MR) is 152 cm³/mol. The van der Waals surface area contributed by atoms with Crippen LogP contribution < -0.4 is 51.4 Å². The van der Waals surface area contributed by atoms with Crippen molar-refractivity contribution < 1.29 is 87.6 Å². The van der Waals surface area contributed by atoms with E-state index in [1.165, 1.54) is 36.7 Å². The van der Waals surface area contributed by atoms with E-state index in [4.69, 9.17) is 5.11 Å². The van der Waals surface area contributed by atoms with E-state index in [1.54, 1.807) is 24.4 Å². The molecule has 4 aromatic heterocycles. The Morgan fingerprint density at radius 3 is 1.60 bits per heavy atom.